The monoisotopic (exact) mass is 236 g/mol. The molecule has 1 aromatic rings. The average Bonchev–Trinajstić information content (AvgIpc) is 2.86. The predicted octanol–water partition coefficient (Wildman–Crippen LogP) is 0.921. The van der Waals surface area contributed by atoms with Gasteiger partial charge in [-0.2, -0.15) is 5.10 Å². The summed E-state index contributed by atoms with van der Waals surface area (Å²) in [6, 6.07) is 0. The van der Waals surface area contributed by atoms with Gasteiger partial charge in [0.1, 0.15) is 0 Å². The first-order chi connectivity index (χ1) is 8.05. The van der Waals surface area contributed by atoms with Crippen molar-refractivity contribution < 1.29 is 4.79 Å². The molecule has 1 aliphatic heterocycles. The number of nitrogens with one attached hydrogen (secondary N) is 2. The standard InChI is InChI=1S/C12H20N4O/c1-4-9-10(7-16(3)15-9)14-11(17)12(2)5-6-13-8-12/h7,13H,4-6,8H2,1-3H3,(H,14,17). The molecule has 1 fully saturated rings. The molecular weight excluding hydrogens is 216 g/mol. The molecule has 0 radical (unpaired) electrons. The Hall–Kier alpha value is -1.36. The molecule has 0 aliphatic carbocycles. The van der Waals surface area contributed by atoms with E-state index in [1.807, 2.05) is 27.1 Å². The number of hydrogen-bond donors (Lipinski definition) is 2. The SMILES string of the molecule is CCc1nn(C)cc1NC(=O)C1(C)CCNC1. The van der Waals surface area contributed by atoms with Crippen LogP contribution in [0, 0.1) is 5.41 Å². The van der Waals surface area contributed by atoms with Crippen molar-refractivity contribution >= 4 is 11.6 Å². The number of aryl methyl sites for hydroxylation is 2. The molecule has 94 valence electrons. The number of anilines is 1. The van der Waals surface area contributed by atoms with Crippen molar-refractivity contribution in [1.29, 1.82) is 0 Å². The summed E-state index contributed by atoms with van der Waals surface area (Å²) in [4.78, 5) is 12.2. The number of nitrogens with zero attached hydrogens (tertiary/aromatic N) is 2. The van der Waals surface area contributed by atoms with Crippen LogP contribution in [0.4, 0.5) is 5.69 Å². The quantitative estimate of drug-likeness (QED) is 0.820. The Kier molecular flexibility index (Phi) is 3.19. The summed E-state index contributed by atoms with van der Waals surface area (Å²) >= 11 is 0. The number of hydrogen-bond acceptors (Lipinski definition) is 3. The van der Waals surface area contributed by atoms with Gasteiger partial charge in [-0.3, -0.25) is 9.48 Å². The normalized spacial score (nSPS) is 23.9. The summed E-state index contributed by atoms with van der Waals surface area (Å²) in [6.07, 6.45) is 3.58. The topological polar surface area (TPSA) is 59.0 Å². The molecule has 1 saturated heterocycles. The zero-order valence-electron chi connectivity index (χ0n) is 10.7. The minimum Gasteiger partial charge on any atom is -0.323 e. The first-order valence-electron chi connectivity index (χ1n) is 6.10. The predicted molar refractivity (Wildman–Crippen MR) is 66.8 cm³/mol. The summed E-state index contributed by atoms with van der Waals surface area (Å²) in [6.45, 7) is 5.71. The third-order valence-corrected chi connectivity index (χ3v) is 3.41. The van der Waals surface area contributed by atoms with Gasteiger partial charge in [0, 0.05) is 19.8 Å². The molecule has 0 saturated carbocycles. The molecule has 1 aromatic heterocycles. The fraction of sp³-hybridized carbons (Fsp3) is 0.667. The minimum absolute atomic E-state index is 0.0881. The lowest BCUT2D eigenvalue weighted by Crippen LogP contribution is -2.35. The molecule has 1 atom stereocenters. The number of carbonyl (C=O) groups is 1. The van der Waals surface area contributed by atoms with Gasteiger partial charge < -0.3 is 10.6 Å². The molecule has 5 nitrogen and oxygen atoms in total. The third-order valence-electron chi connectivity index (χ3n) is 3.41. The van der Waals surface area contributed by atoms with Crippen LogP contribution in [-0.4, -0.2) is 28.8 Å². The summed E-state index contributed by atoms with van der Waals surface area (Å²) in [5.41, 5.74) is 1.49. The molecule has 17 heavy (non-hydrogen) atoms. The molecule has 1 amide bonds. The zero-order valence-corrected chi connectivity index (χ0v) is 10.7. The van der Waals surface area contributed by atoms with Crippen LogP contribution >= 0.6 is 0 Å². The summed E-state index contributed by atoms with van der Waals surface area (Å²) < 4.78 is 1.74. The maximum absolute atomic E-state index is 12.2. The number of carbonyl (C=O) groups excluding carboxylic acids is 1. The maximum atomic E-state index is 12.2. The van der Waals surface area contributed by atoms with Crippen LogP contribution in [0.1, 0.15) is 26.0 Å². The second-order valence-corrected chi connectivity index (χ2v) is 4.96. The summed E-state index contributed by atoms with van der Waals surface area (Å²) in [5, 5.41) is 10.6. The van der Waals surface area contributed by atoms with E-state index in [-0.39, 0.29) is 11.3 Å². The van der Waals surface area contributed by atoms with Crippen LogP contribution in [0.25, 0.3) is 0 Å². The maximum Gasteiger partial charge on any atom is 0.231 e. The van der Waals surface area contributed by atoms with Gasteiger partial charge in [-0.25, -0.2) is 0 Å². The lowest BCUT2D eigenvalue weighted by atomic mass is 9.89. The molecular formula is C12H20N4O. The molecule has 2 heterocycles. The highest BCUT2D eigenvalue weighted by atomic mass is 16.2. The van der Waals surface area contributed by atoms with Gasteiger partial charge in [-0.15, -0.1) is 0 Å². The van der Waals surface area contributed by atoms with Crippen LogP contribution in [-0.2, 0) is 18.3 Å². The Bertz CT molecular complexity index is 418. The fourth-order valence-corrected chi connectivity index (χ4v) is 2.18. The smallest absolute Gasteiger partial charge is 0.231 e. The molecule has 5 heteroatoms. The van der Waals surface area contributed by atoms with Gasteiger partial charge in [0.25, 0.3) is 0 Å². The minimum atomic E-state index is -0.291. The van der Waals surface area contributed by atoms with Crippen molar-refractivity contribution in [2.45, 2.75) is 26.7 Å². The second-order valence-electron chi connectivity index (χ2n) is 4.96. The zero-order chi connectivity index (χ0) is 12.5. The Morgan fingerprint density at radius 1 is 1.71 bits per heavy atom. The van der Waals surface area contributed by atoms with E-state index >= 15 is 0 Å². The lowest BCUT2D eigenvalue weighted by molar-refractivity contribution is -0.123. The summed E-state index contributed by atoms with van der Waals surface area (Å²) in [5.74, 6) is 0.0881. The van der Waals surface area contributed by atoms with Gasteiger partial charge in [0.2, 0.25) is 5.91 Å². The van der Waals surface area contributed by atoms with E-state index < -0.39 is 0 Å². The van der Waals surface area contributed by atoms with E-state index in [4.69, 9.17) is 0 Å². The van der Waals surface area contributed by atoms with E-state index in [0.717, 1.165) is 37.3 Å². The Morgan fingerprint density at radius 3 is 3.06 bits per heavy atom. The molecule has 0 bridgehead atoms. The van der Waals surface area contributed by atoms with Crippen LogP contribution in [0.3, 0.4) is 0 Å². The Labute approximate surface area is 102 Å². The van der Waals surface area contributed by atoms with Gasteiger partial charge in [-0.1, -0.05) is 6.92 Å². The molecule has 1 aliphatic rings. The summed E-state index contributed by atoms with van der Waals surface area (Å²) in [7, 11) is 1.87. The van der Waals surface area contributed by atoms with Crippen molar-refractivity contribution in [3.8, 4) is 0 Å². The van der Waals surface area contributed by atoms with E-state index in [1.54, 1.807) is 4.68 Å². The van der Waals surface area contributed by atoms with E-state index in [1.165, 1.54) is 0 Å². The van der Waals surface area contributed by atoms with E-state index in [2.05, 4.69) is 15.7 Å². The van der Waals surface area contributed by atoms with Gasteiger partial charge in [0.15, 0.2) is 0 Å². The van der Waals surface area contributed by atoms with Crippen molar-refractivity contribution in [3.05, 3.63) is 11.9 Å². The highest BCUT2D eigenvalue weighted by Crippen LogP contribution is 2.27. The lowest BCUT2D eigenvalue weighted by Gasteiger charge is -2.21. The Balaban J connectivity index is 2.12. The number of amides is 1. The van der Waals surface area contributed by atoms with Crippen LogP contribution < -0.4 is 10.6 Å². The first kappa shape index (κ1) is 12.1. The second kappa shape index (κ2) is 4.49. The van der Waals surface area contributed by atoms with Crippen LogP contribution in [0.2, 0.25) is 0 Å². The number of aromatic nitrogens is 2. The molecule has 2 N–H and O–H groups in total. The van der Waals surface area contributed by atoms with Crippen molar-refractivity contribution in [2.75, 3.05) is 18.4 Å². The first-order valence-corrected chi connectivity index (χ1v) is 6.10. The van der Waals surface area contributed by atoms with E-state index in [0.29, 0.717) is 0 Å². The fourth-order valence-electron chi connectivity index (χ4n) is 2.18. The average molecular weight is 236 g/mol. The molecule has 1 unspecified atom stereocenters. The van der Waals surface area contributed by atoms with Crippen molar-refractivity contribution in [2.24, 2.45) is 12.5 Å². The largest absolute Gasteiger partial charge is 0.323 e. The Morgan fingerprint density at radius 2 is 2.47 bits per heavy atom. The number of rotatable bonds is 3. The molecule has 2 rings (SSSR count). The molecule has 0 aromatic carbocycles. The third kappa shape index (κ3) is 2.34. The van der Waals surface area contributed by atoms with Crippen molar-refractivity contribution in [3.63, 3.8) is 0 Å². The molecule has 0 spiro atoms. The van der Waals surface area contributed by atoms with Gasteiger partial charge in [-0.05, 0) is 26.3 Å². The van der Waals surface area contributed by atoms with Crippen molar-refractivity contribution in [1.82, 2.24) is 15.1 Å². The highest BCUT2D eigenvalue weighted by molar-refractivity contribution is 5.95. The van der Waals surface area contributed by atoms with Gasteiger partial charge >= 0.3 is 0 Å². The van der Waals surface area contributed by atoms with E-state index in [9.17, 15) is 4.79 Å². The van der Waals surface area contributed by atoms with Crippen LogP contribution in [0.5, 0.6) is 0 Å². The van der Waals surface area contributed by atoms with Crippen LogP contribution in [0.15, 0.2) is 6.20 Å². The van der Waals surface area contributed by atoms with Gasteiger partial charge in [0.05, 0.1) is 16.8 Å². The highest BCUT2D eigenvalue weighted by Gasteiger charge is 2.36.